The van der Waals surface area contributed by atoms with Crippen molar-refractivity contribution in [1.82, 2.24) is 0 Å². The van der Waals surface area contributed by atoms with Crippen LogP contribution in [0.1, 0.15) is 86.8 Å². The van der Waals surface area contributed by atoms with Gasteiger partial charge >= 0.3 is 0 Å². The molecule has 0 aromatic heterocycles. The fraction of sp³-hybridized carbons (Fsp3) is 0.435. The zero-order chi connectivity index (χ0) is 17.0. The number of hydrogen-bond donors (Lipinski definition) is 0. The lowest BCUT2D eigenvalue weighted by Crippen LogP contribution is -2.10. The van der Waals surface area contributed by atoms with Gasteiger partial charge in [0.25, 0.3) is 0 Å². The zero-order valence-corrected chi connectivity index (χ0v) is 15.2. The maximum absolute atomic E-state index is 13.3. The lowest BCUT2D eigenvalue weighted by Gasteiger charge is -2.16. The van der Waals surface area contributed by atoms with Crippen molar-refractivity contribution in [3.63, 3.8) is 0 Å². The number of ketones is 1. The summed E-state index contributed by atoms with van der Waals surface area (Å²) in [5, 5.41) is 0. The van der Waals surface area contributed by atoms with E-state index >= 15 is 0 Å². The number of rotatable bonds is 4. The Balaban J connectivity index is 1.80. The van der Waals surface area contributed by atoms with Crippen LogP contribution in [0.25, 0.3) is 0 Å². The molecule has 0 heterocycles. The van der Waals surface area contributed by atoms with Gasteiger partial charge in [0.15, 0.2) is 5.78 Å². The second-order valence-electron chi connectivity index (χ2n) is 7.82. The van der Waals surface area contributed by atoms with E-state index in [0.29, 0.717) is 11.8 Å². The van der Waals surface area contributed by atoms with E-state index in [9.17, 15) is 4.79 Å². The Hall–Kier alpha value is -1.89. The third kappa shape index (κ3) is 2.51. The summed E-state index contributed by atoms with van der Waals surface area (Å²) in [6, 6.07) is 8.35. The lowest BCUT2D eigenvalue weighted by atomic mass is 9.87. The molecule has 0 atom stereocenters. The van der Waals surface area contributed by atoms with Crippen LogP contribution in [-0.2, 0) is 0 Å². The summed E-state index contributed by atoms with van der Waals surface area (Å²) in [5.74, 6) is 1.56. The predicted octanol–water partition coefficient (Wildman–Crippen LogP) is 5.91. The predicted molar refractivity (Wildman–Crippen MR) is 99.2 cm³/mol. The first-order valence-electron chi connectivity index (χ1n) is 9.24. The minimum absolute atomic E-state index is 0.203. The van der Waals surface area contributed by atoms with E-state index in [1.807, 2.05) is 12.1 Å². The third-order valence-corrected chi connectivity index (χ3v) is 5.93. The maximum Gasteiger partial charge on any atom is 0.193 e. The Kier molecular flexibility index (Phi) is 3.63. The fourth-order valence-corrected chi connectivity index (χ4v) is 4.37. The SMILES string of the molecule is Cc1ccc(C(=O)c2ccc(C)c(C3CC3)c2C)c(C)c1C1CC1. The lowest BCUT2D eigenvalue weighted by molar-refractivity contribution is 0.103. The smallest absolute Gasteiger partial charge is 0.193 e. The number of carbonyl (C=O) groups excluding carboxylic acids is 1. The molecule has 124 valence electrons. The molecule has 4 rings (SSSR count). The van der Waals surface area contributed by atoms with Crippen molar-refractivity contribution >= 4 is 5.78 Å². The summed E-state index contributed by atoms with van der Waals surface area (Å²) < 4.78 is 0. The first kappa shape index (κ1) is 15.6. The van der Waals surface area contributed by atoms with E-state index in [-0.39, 0.29) is 5.78 Å². The quantitative estimate of drug-likeness (QED) is 0.641. The van der Waals surface area contributed by atoms with Crippen molar-refractivity contribution in [3.05, 3.63) is 68.8 Å². The third-order valence-electron chi connectivity index (χ3n) is 5.93. The van der Waals surface area contributed by atoms with Gasteiger partial charge in [-0.25, -0.2) is 0 Å². The molecule has 2 aromatic carbocycles. The molecule has 0 saturated heterocycles. The minimum Gasteiger partial charge on any atom is -0.289 e. The van der Waals surface area contributed by atoms with Gasteiger partial charge in [-0.2, -0.15) is 0 Å². The summed E-state index contributed by atoms with van der Waals surface area (Å²) in [5.41, 5.74) is 9.73. The summed E-state index contributed by atoms with van der Waals surface area (Å²) in [7, 11) is 0. The maximum atomic E-state index is 13.3. The Morgan fingerprint density at radius 2 is 1.08 bits per heavy atom. The van der Waals surface area contributed by atoms with E-state index < -0.39 is 0 Å². The molecule has 0 spiro atoms. The van der Waals surface area contributed by atoms with E-state index in [0.717, 1.165) is 11.1 Å². The molecule has 2 fully saturated rings. The Morgan fingerprint density at radius 3 is 1.42 bits per heavy atom. The average Bonchev–Trinajstić information content (AvgIpc) is 3.41. The molecule has 2 saturated carbocycles. The molecule has 24 heavy (non-hydrogen) atoms. The first-order chi connectivity index (χ1) is 11.5. The van der Waals surface area contributed by atoms with Crippen molar-refractivity contribution in [2.75, 3.05) is 0 Å². The van der Waals surface area contributed by atoms with Crippen molar-refractivity contribution in [2.24, 2.45) is 0 Å². The van der Waals surface area contributed by atoms with Crippen LogP contribution in [0.5, 0.6) is 0 Å². The van der Waals surface area contributed by atoms with Gasteiger partial charge in [0.1, 0.15) is 0 Å². The standard InChI is InChI=1S/C23H26O/c1-13-5-11-19(15(3)21(13)17-7-8-17)23(24)20-12-6-14(2)22(16(20)4)18-9-10-18/h5-6,11-12,17-18H,7-10H2,1-4H3. The molecule has 2 aromatic rings. The van der Waals surface area contributed by atoms with Crippen LogP contribution < -0.4 is 0 Å². The van der Waals surface area contributed by atoms with E-state index in [2.05, 4.69) is 39.8 Å². The number of aryl methyl sites for hydroxylation is 2. The highest BCUT2D eigenvalue weighted by atomic mass is 16.1. The van der Waals surface area contributed by atoms with Crippen LogP contribution in [0.4, 0.5) is 0 Å². The highest BCUT2D eigenvalue weighted by Gasteiger charge is 2.31. The first-order valence-corrected chi connectivity index (χ1v) is 9.24. The second-order valence-corrected chi connectivity index (χ2v) is 7.82. The highest BCUT2D eigenvalue weighted by molar-refractivity contribution is 6.11. The molecule has 0 radical (unpaired) electrons. The molecule has 0 amide bonds. The highest BCUT2D eigenvalue weighted by Crippen LogP contribution is 2.45. The average molecular weight is 318 g/mol. The van der Waals surface area contributed by atoms with Gasteiger partial charge in [-0.15, -0.1) is 0 Å². The minimum atomic E-state index is 0.203. The largest absolute Gasteiger partial charge is 0.289 e. The Bertz CT molecular complexity index is 766. The van der Waals surface area contributed by atoms with Crippen molar-refractivity contribution < 1.29 is 4.79 Å². The molecule has 0 unspecified atom stereocenters. The molecule has 0 aliphatic heterocycles. The van der Waals surface area contributed by atoms with E-state index in [4.69, 9.17) is 0 Å². The normalized spacial score (nSPS) is 17.2. The van der Waals surface area contributed by atoms with Crippen molar-refractivity contribution in [1.29, 1.82) is 0 Å². The summed E-state index contributed by atoms with van der Waals surface area (Å²) in [6.45, 7) is 8.63. The Morgan fingerprint density at radius 1 is 0.708 bits per heavy atom. The number of benzene rings is 2. The topological polar surface area (TPSA) is 17.1 Å². The Labute approximate surface area is 145 Å². The molecule has 2 aliphatic carbocycles. The second kappa shape index (κ2) is 5.58. The molecule has 1 heteroatoms. The van der Waals surface area contributed by atoms with Crippen LogP contribution in [0, 0.1) is 27.7 Å². The van der Waals surface area contributed by atoms with Crippen LogP contribution in [-0.4, -0.2) is 5.78 Å². The molecule has 0 bridgehead atoms. The summed E-state index contributed by atoms with van der Waals surface area (Å²) >= 11 is 0. The van der Waals surface area contributed by atoms with Crippen LogP contribution >= 0.6 is 0 Å². The zero-order valence-electron chi connectivity index (χ0n) is 15.2. The van der Waals surface area contributed by atoms with Crippen molar-refractivity contribution in [3.8, 4) is 0 Å². The van der Waals surface area contributed by atoms with Gasteiger partial charge in [0.2, 0.25) is 0 Å². The summed E-state index contributed by atoms with van der Waals surface area (Å²) in [4.78, 5) is 13.3. The fourth-order valence-electron chi connectivity index (χ4n) is 4.37. The number of hydrogen-bond acceptors (Lipinski definition) is 1. The van der Waals surface area contributed by atoms with E-state index in [1.165, 1.54) is 59.1 Å². The van der Waals surface area contributed by atoms with Gasteiger partial charge in [-0.3, -0.25) is 4.79 Å². The molecule has 1 nitrogen and oxygen atoms in total. The van der Waals surface area contributed by atoms with Crippen molar-refractivity contribution in [2.45, 2.75) is 65.2 Å². The van der Waals surface area contributed by atoms with Crippen LogP contribution in [0.2, 0.25) is 0 Å². The van der Waals surface area contributed by atoms with E-state index in [1.54, 1.807) is 0 Å². The molecule has 0 N–H and O–H groups in total. The summed E-state index contributed by atoms with van der Waals surface area (Å²) in [6.07, 6.45) is 5.09. The molecular formula is C23H26O. The molecule has 2 aliphatic rings. The van der Waals surface area contributed by atoms with Gasteiger partial charge in [-0.1, -0.05) is 24.3 Å². The van der Waals surface area contributed by atoms with Crippen LogP contribution in [0.15, 0.2) is 24.3 Å². The van der Waals surface area contributed by atoms with Gasteiger partial charge in [-0.05, 0) is 98.6 Å². The monoisotopic (exact) mass is 318 g/mol. The van der Waals surface area contributed by atoms with Gasteiger partial charge in [0.05, 0.1) is 0 Å². The van der Waals surface area contributed by atoms with Gasteiger partial charge < -0.3 is 0 Å². The number of carbonyl (C=O) groups is 1. The van der Waals surface area contributed by atoms with Crippen LogP contribution in [0.3, 0.4) is 0 Å². The molecular weight excluding hydrogens is 292 g/mol. The van der Waals surface area contributed by atoms with Gasteiger partial charge in [0, 0.05) is 11.1 Å².